The number of nitrogens with one attached hydrogen (secondary N) is 2. The molecule has 5 heteroatoms. The lowest BCUT2D eigenvalue weighted by atomic mass is 10.1. The Bertz CT molecular complexity index is 539. The maximum absolute atomic E-state index is 12.4. The van der Waals surface area contributed by atoms with E-state index in [9.17, 15) is 8.42 Å². The highest BCUT2D eigenvalue weighted by molar-refractivity contribution is 7.89. The van der Waals surface area contributed by atoms with Crippen molar-refractivity contribution in [2.24, 2.45) is 5.92 Å². The molecule has 4 nitrogen and oxygen atoms in total. The van der Waals surface area contributed by atoms with Gasteiger partial charge in [0.1, 0.15) is 0 Å². The van der Waals surface area contributed by atoms with Crippen LogP contribution in [0.3, 0.4) is 0 Å². The van der Waals surface area contributed by atoms with Crippen molar-refractivity contribution >= 4 is 10.0 Å². The van der Waals surface area contributed by atoms with Gasteiger partial charge in [0.2, 0.25) is 10.0 Å². The van der Waals surface area contributed by atoms with Crippen LogP contribution in [-0.2, 0) is 16.6 Å². The third-order valence-electron chi connectivity index (χ3n) is 3.72. The van der Waals surface area contributed by atoms with E-state index >= 15 is 0 Å². The maximum atomic E-state index is 12.4. The summed E-state index contributed by atoms with van der Waals surface area (Å²) in [5.74, 6) is 0.721. The molecule has 1 aromatic rings. The summed E-state index contributed by atoms with van der Waals surface area (Å²) in [6.45, 7) is 2.70. The van der Waals surface area contributed by atoms with Gasteiger partial charge in [0.05, 0.1) is 4.90 Å². The lowest BCUT2D eigenvalue weighted by molar-refractivity contribution is 0.495. The van der Waals surface area contributed by atoms with Crippen molar-refractivity contribution in [2.45, 2.75) is 50.1 Å². The Balaban J connectivity index is 2.09. The summed E-state index contributed by atoms with van der Waals surface area (Å²) in [4.78, 5) is 0.361. The molecule has 1 atom stereocenters. The van der Waals surface area contributed by atoms with Gasteiger partial charge in [0.25, 0.3) is 0 Å². The third kappa shape index (κ3) is 4.30. The average Bonchev–Trinajstić information content (AvgIpc) is 3.22. The molecule has 2 rings (SSSR count). The van der Waals surface area contributed by atoms with Crippen molar-refractivity contribution in [1.82, 2.24) is 10.0 Å². The van der Waals surface area contributed by atoms with Crippen LogP contribution in [0.25, 0.3) is 0 Å². The molecular formula is C15H24N2O2S. The summed E-state index contributed by atoms with van der Waals surface area (Å²) in [6.07, 6.45) is 4.30. The van der Waals surface area contributed by atoms with Crippen molar-refractivity contribution in [3.63, 3.8) is 0 Å². The minimum atomic E-state index is -3.41. The van der Waals surface area contributed by atoms with E-state index in [0.29, 0.717) is 11.4 Å². The van der Waals surface area contributed by atoms with Gasteiger partial charge in [0, 0.05) is 12.6 Å². The predicted molar refractivity (Wildman–Crippen MR) is 80.9 cm³/mol. The first kappa shape index (κ1) is 15.5. The molecule has 0 radical (unpaired) electrons. The average molecular weight is 296 g/mol. The Labute approximate surface area is 122 Å². The van der Waals surface area contributed by atoms with E-state index in [1.165, 1.54) is 12.8 Å². The Morgan fingerprint density at radius 3 is 2.70 bits per heavy atom. The molecular weight excluding hydrogens is 272 g/mol. The molecule has 1 aromatic carbocycles. The first-order chi connectivity index (χ1) is 9.55. The first-order valence-electron chi connectivity index (χ1n) is 7.31. The summed E-state index contributed by atoms with van der Waals surface area (Å²) < 4.78 is 27.7. The monoisotopic (exact) mass is 296 g/mol. The molecule has 0 saturated heterocycles. The van der Waals surface area contributed by atoms with Crippen molar-refractivity contribution in [1.29, 1.82) is 0 Å². The topological polar surface area (TPSA) is 58.2 Å². The summed E-state index contributed by atoms with van der Waals surface area (Å²) in [5.41, 5.74) is 0.977. The molecule has 1 saturated carbocycles. The SMILES string of the molecule is CCC(CC1CC1)NS(=O)(=O)c1cccc(CNC)c1. The van der Waals surface area contributed by atoms with Crippen LogP contribution in [0.1, 0.15) is 38.2 Å². The molecule has 1 fully saturated rings. The van der Waals surface area contributed by atoms with E-state index in [-0.39, 0.29) is 6.04 Å². The van der Waals surface area contributed by atoms with Gasteiger partial charge in [0.15, 0.2) is 0 Å². The number of rotatable bonds is 8. The molecule has 0 heterocycles. The van der Waals surface area contributed by atoms with Crippen LogP contribution < -0.4 is 10.0 Å². The van der Waals surface area contributed by atoms with Crippen molar-refractivity contribution < 1.29 is 8.42 Å². The second-order valence-corrected chi connectivity index (χ2v) is 7.30. The summed E-state index contributed by atoms with van der Waals surface area (Å²) in [6, 6.07) is 7.18. The molecule has 0 amide bonds. The highest BCUT2D eigenvalue weighted by Crippen LogP contribution is 2.34. The van der Waals surface area contributed by atoms with Crippen LogP contribution in [0.5, 0.6) is 0 Å². The molecule has 1 unspecified atom stereocenters. The maximum Gasteiger partial charge on any atom is 0.240 e. The normalized spacial score (nSPS) is 17.1. The number of benzene rings is 1. The molecule has 0 bridgehead atoms. The van der Waals surface area contributed by atoms with Gasteiger partial charge in [-0.15, -0.1) is 0 Å². The molecule has 1 aliphatic rings. The van der Waals surface area contributed by atoms with E-state index in [4.69, 9.17) is 0 Å². The van der Waals surface area contributed by atoms with Gasteiger partial charge >= 0.3 is 0 Å². The quantitative estimate of drug-likeness (QED) is 0.773. The smallest absolute Gasteiger partial charge is 0.240 e. The summed E-state index contributed by atoms with van der Waals surface area (Å²) in [5, 5.41) is 3.03. The van der Waals surface area contributed by atoms with E-state index in [1.807, 2.05) is 20.0 Å². The standard InChI is InChI=1S/C15H24N2O2S/c1-3-14(9-12-7-8-12)17-20(18,19)15-6-4-5-13(10-15)11-16-2/h4-6,10,12,14,16-17H,3,7-9,11H2,1-2H3. The van der Waals surface area contributed by atoms with Gasteiger partial charge in [-0.1, -0.05) is 31.9 Å². The van der Waals surface area contributed by atoms with Gasteiger partial charge in [-0.25, -0.2) is 13.1 Å². The van der Waals surface area contributed by atoms with Crippen molar-refractivity contribution in [3.05, 3.63) is 29.8 Å². The molecule has 20 heavy (non-hydrogen) atoms. The second-order valence-electron chi connectivity index (χ2n) is 5.58. The van der Waals surface area contributed by atoms with Gasteiger partial charge < -0.3 is 5.32 Å². The first-order valence-corrected chi connectivity index (χ1v) is 8.79. The fraction of sp³-hybridized carbons (Fsp3) is 0.600. The van der Waals surface area contributed by atoms with E-state index in [1.54, 1.807) is 18.2 Å². The minimum absolute atomic E-state index is 0.0560. The highest BCUT2D eigenvalue weighted by atomic mass is 32.2. The summed E-state index contributed by atoms with van der Waals surface area (Å²) >= 11 is 0. The molecule has 0 aromatic heterocycles. The molecule has 2 N–H and O–H groups in total. The minimum Gasteiger partial charge on any atom is -0.316 e. The van der Waals surface area contributed by atoms with Crippen LogP contribution >= 0.6 is 0 Å². The highest BCUT2D eigenvalue weighted by Gasteiger charge is 2.27. The molecule has 0 aliphatic heterocycles. The second kappa shape index (κ2) is 6.70. The van der Waals surface area contributed by atoms with E-state index in [0.717, 1.165) is 24.3 Å². The summed E-state index contributed by atoms with van der Waals surface area (Å²) in [7, 11) is -1.56. The zero-order valence-electron chi connectivity index (χ0n) is 12.2. The fourth-order valence-electron chi connectivity index (χ4n) is 2.37. The van der Waals surface area contributed by atoms with Crippen LogP contribution in [-0.4, -0.2) is 21.5 Å². The Hall–Kier alpha value is -0.910. The zero-order chi connectivity index (χ0) is 14.6. The fourth-order valence-corrected chi connectivity index (χ4v) is 3.77. The third-order valence-corrected chi connectivity index (χ3v) is 5.24. The molecule has 0 spiro atoms. The van der Waals surface area contributed by atoms with E-state index < -0.39 is 10.0 Å². The number of sulfonamides is 1. The predicted octanol–water partition coefficient (Wildman–Crippen LogP) is 2.26. The van der Waals surface area contributed by atoms with E-state index in [2.05, 4.69) is 10.0 Å². The zero-order valence-corrected chi connectivity index (χ0v) is 13.0. The van der Waals surface area contributed by atoms with Crippen LogP contribution in [0, 0.1) is 5.92 Å². The Morgan fingerprint density at radius 1 is 1.35 bits per heavy atom. The van der Waals surface area contributed by atoms with Crippen LogP contribution in [0.15, 0.2) is 29.2 Å². The van der Waals surface area contributed by atoms with Crippen molar-refractivity contribution in [3.8, 4) is 0 Å². The Morgan fingerprint density at radius 2 is 2.10 bits per heavy atom. The molecule has 1 aliphatic carbocycles. The van der Waals surface area contributed by atoms with Gasteiger partial charge in [-0.3, -0.25) is 0 Å². The van der Waals surface area contributed by atoms with Crippen molar-refractivity contribution in [2.75, 3.05) is 7.05 Å². The van der Waals surface area contributed by atoms with Gasteiger partial charge in [-0.2, -0.15) is 0 Å². The lowest BCUT2D eigenvalue weighted by Crippen LogP contribution is -2.34. The largest absolute Gasteiger partial charge is 0.316 e. The number of hydrogen-bond donors (Lipinski definition) is 2. The van der Waals surface area contributed by atoms with Gasteiger partial charge in [-0.05, 0) is 43.5 Å². The van der Waals surface area contributed by atoms with Crippen LogP contribution in [0.2, 0.25) is 0 Å². The molecule has 112 valence electrons. The Kier molecular flexibility index (Phi) is 5.18. The number of hydrogen-bond acceptors (Lipinski definition) is 3. The van der Waals surface area contributed by atoms with Crippen LogP contribution in [0.4, 0.5) is 0 Å². The lowest BCUT2D eigenvalue weighted by Gasteiger charge is -2.17.